The van der Waals surface area contributed by atoms with Crippen LogP contribution in [0.1, 0.15) is 23.6 Å². The standard InChI is InChI=1S/C20H19N3O4/c1-26-14-6-4-13(5-7-14)23-11-21-19-15(10-18(25)22-20(19)23)12-3-8-17(27-2)16(24)9-12/h3-9,11,15,24H,10H2,1-2H3,(H,22,25)/t15-/m0/s1. The summed E-state index contributed by atoms with van der Waals surface area (Å²) in [6.07, 6.45) is 1.95. The number of carbonyl (C=O) groups excluding carboxylic acids is 1. The highest BCUT2D eigenvalue weighted by Gasteiger charge is 2.31. The van der Waals surface area contributed by atoms with Gasteiger partial charge in [-0.05, 0) is 42.0 Å². The zero-order valence-electron chi connectivity index (χ0n) is 15.0. The Morgan fingerprint density at radius 1 is 1.15 bits per heavy atom. The largest absolute Gasteiger partial charge is 0.504 e. The normalized spacial score (nSPS) is 15.8. The van der Waals surface area contributed by atoms with E-state index in [1.807, 2.05) is 34.9 Å². The zero-order valence-corrected chi connectivity index (χ0v) is 15.0. The fourth-order valence-electron chi connectivity index (χ4n) is 3.34. The number of carbonyl (C=O) groups is 1. The van der Waals surface area contributed by atoms with Crippen molar-refractivity contribution >= 4 is 11.7 Å². The Labute approximate surface area is 156 Å². The second kappa shape index (κ2) is 6.68. The number of aromatic nitrogens is 2. The van der Waals surface area contributed by atoms with E-state index in [0.717, 1.165) is 22.7 Å². The van der Waals surface area contributed by atoms with Gasteiger partial charge in [0.05, 0.1) is 19.9 Å². The number of methoxy groups -OCH3 is 2. The molecule has 1 aliphatic rings. The minimum atomic E-state index is -0.245. The highest BCUT2D eigenvalue weighted by atomic mass is 16.5. The van der Waals surface area contributed by atoms with E-state index in [2.05, 4.69) is 10.3 Å². The summed E-state index contributed by atoms with van der Waals surface area (Å²) in [6.45, 7) is 0. The van der Waals surface area contributed by atoms with E-state index < -0.39 is 0 Å². The van der Waals surface area contributed by atoms with Gasteiger partial charge in [-0.3, -0.25) is 9.36 Å². The molecule has 7 heteroatoms. The summed E-state index contributed by atoms with van der Waals surface area (Å²) in [4.78, 5) is 16.9. The number of aromatic hydroxyl groups is 1. The molecule has 27 heavy (non-hydrogen) atoms. The second-order valence-corrected chi connectivity index (χ2v) is 6.28. The molecule has 0 radical (unpaired) electrons. The van der Waals surface area contributed by atoms with Crippen LogP contribution in [0.4, 0.5) is 5.82 Å². The minimum absolute atomic E-state index is 0.0390. The van der Waals surface area contributed by atoms with Crippen molar-refractivity contribution in [2.45, 2.75) is 12.3 Å². The molecular weight excluding hydrogens is 346 g/mol. The Kier molecular flexibility index (Phi) is 4.19. The monoisotopic (exact) mass is 365 g/mol. The number of amides is 1. The van der Waals surface area contributed by atoms with Crippen molar-refractivity contribution in [3.05, 3.63) is 60.0 Å². The summed E-state index contributed by atoms with van der Waals surface area (Å²) in [5, 5.41) is 13.0. The van der Waals surface area contributed by atoms with Crippen LogP contribution < -0.4 is 14.8 Å². The lowest BCUT2D eigenvalue weighted by Gasteiger charge is -2.23. The smallest absolute Gasteiger partial charge is 0.226 e. The number of benzene rings is 2. The van der Waals surface area contributed by atoms with Crippen LogP contribution in [0.3, 0.4) is 0 Å². The molecular formula is C20H19N3O4. The number of rotatable bonds is 4. The van der Waals surface area contributed by atoms with E-state index in [-0.39, 0.29) is 24.0 Å². The molecule has 2 N–H and O–H groups in total. The first kappa shape index (κ1) is 17.0. The van der Waals surface area contributed by atoms with Gasteiger partial charge in [-0.2, -0.15) is 0 Å². The van der Waals surface area contributed by atoms with Gasteiger partial charge in [0.25, 0.3) is 0 Å². The molecule has 1 atom stereocenters. The Morgan fingerprint density at radius 3 is 2.59 bits per heavy atom. The van der Waals surface area contributed by atoms with Gasteiger partial charge in [-0.15, -0.1) is 0 Å². The van der Waals surface area contributed by atoms with E-state index in [1.165, 1.54) is 7.11 Å². The molecule has 1 aliphatic heterocycles. The van der Waals surface area contributed by atoms with E-state index >= 15 is 0 Å². The maximum atomic E-state index is 12.3. The lowest BCUT2D eigenvalue weighted by atomic mass is 9.89. The summed E-state index contributed by atoms with van der Waals surface area (Å²) >= 11 is 0. The molecule has 0 saturated carbocycles. The average Bonchev–Trinajstić information content (AvgIpc) is 3.11. The molecule has 7 nitrogen and oxygen atoms in total. The van der Waals surface area contributed by atoms with Crippen LogP contribution in [-0.2, 0) is 4.79 Å². The number of ether oxygens (including phenoxy) is 2. The molecule has 0 unspecified atom stereocenters. The molecule has 0 bridgehead atoms. The summed E-state index contributed by atoms with van der Waals surface area (Å²) in [5.74, 6) is 1.48. The highest BCUT2D eigenvalue weighted by Crippen LogP contribution is 2.39. The third-order valence-electron chi connectivity index (χ3n) is 4.73. The number of fused-ring (bicyclic) bond motifs is 1. The van der Waals surface area contributed by atoms with Gasteiger partial charge in [0.15, 0.2) is 11.5 Å². The topological polar surface area (TPSA) is 85.6 Å². The maximum Gasteiger partial charge on any atom is 0.226 e. The van der Waals surface area contributed by atoms with E-state index in [4.69, 9.17) is 9.47 Å². The maximum absolute atomic E-state index is 12.3. The van der Waals surface area contributed by atoms with E-state index in [9.17, 15) is 9.90 Å². The predicted octanol–water partition coefficient (Wildman–Crippen LogP) is 3.07. The lowest BCUT2D eigenvalue weighted by molar-refractivity contribution is -0.116. The molecule has 0 spiro atoms. The van der Waals surface area contributed by atoms with Gasteiger partial charge in [0.2, 0.25) is 5.91 Å². The van der Waals surface area contributed by atoms with Crippen LogP contribution in [0.15, 0.2) is 48.8 Å². The number of nitrogens with zero attached hydrogens (tertiary/aromatic N) is 2. The van der Waals surface area contributed by atoms with Gasteiger partial charge in [0, 0.05) is 18.0 Å². The average molecular weight is 365 g/mol. The molecule has 138 valence electrons. The molecule has 0 saturated heterocycles. The van der Waals surface area contributed by atoms with Gasteiger partial charge >= 0.3 is 0 Å². The van der Waals surface area contributed by atoms with Gasteiger partial charge in [-0.1, -0.05) is 6.07 Å². The lowest BCUT2D eigenvalue weighted by Crippen LogP contribution is -2.24. The SMILES string of the molecule is COc1ccc(-n2cnc3c2NC(=O)C[C@H]3c2ccc(OC)c(O)c2)cc1. The van der Waals surface area contributed by atoms with Crippen LogP contribution in [-0.4, -0.2) is 34.8 Å². The highest BCUT2D eigenvalue weighted by molar-refractivity contribution is 5.94. The van der Waals surface area contributed by atoms with Crippen molar-refractivity contribution in [2.24, 2.45) is 0 Å². The molecule has 4 rings (SSSR count). The third kappa shape index (κ3) is 2.97. The van der Waals surface area contributed by atoms with Crippen LogP contribution in [0.5, 0.6) is 17.2 Å². The van der Waals surface area contributed by atoms with Crippen LogP contribution in [0.2, 0.25) is 0 Å². The summed E-state index contributed by atoms with van der Waals surface area (Å²) in [7, 11) is 3.11. The van der Waals surface area contributed by atoms with Crippen molar-refractivity contribution in [1.82, 2.24) is 9.55 Å². The number of hydrogen-bond acceptors (Lipinski definition) is 5. The Morgan fingerprint density at radius 2 is 1.93 bits per heavy atom. The first-order chi connectivity index (χ1) is 13.1. The summed E-state index contributed by atoms with van der Waals surface area (Å²) < 4.78 is 12.1. The van der Waals surface area contributed by atoms with E-state index in [0.29, 0.717) is 11.6 Å². The Hall–Kier alpha value is -3.48. The third-order valence-corrected chi connectivity index (χ3v) is 4.73. The van der Waals surface area contributed by atoms with Crippen molar-refractivity contribution in [2.75, 3.05) is 19.5 Å². The molecule has 1 aromatic heterocycles. The number of imidazole rings is 1. The fraction of sp³-hybridized carbons (Fsp3) is 0.200. The molecule has 0 aliphatic carbocycles. The van der Waals surface area contributed by atoms with Gasteiger partial charge in [0.1, 0.15) is 17.9 Å². The number of phenolic OH excluding ortho intramolecular Hbond substituents is 1. The number of phenols is 1. The van der Waals surface area contributed by atoms with Crippen LogP contribution in [0, 0.1) is 0 Å². The van der Waals surface area contributed by atoms with Gasteiger partial charge in [-0.25, -0.2) is 4.98 Å². The molecule has 3 aromatic rings. The first-order valence-corrected chi connectivity index (χ1v) is 8.49. The molecule has 1 amide bonds. The van der Waals surface area contributed by atoms with Crippen molar-refractivity contribution in [3.63, 3.8) is 0 Å². The second-order valence-electron chi connectivity index (χ2n) is 6.28. The van der Waals surface area contributed by atoms with E-state index in [1.54, 1.807) is 25.6 Å². The molecule has 2 heterocycles. The minimum Gasteiger partial charge on any atom is -0.504 e. The first-order valence-electron chi connectivity index (χ1n) is 8.49. The predicted molar refractivity (Wildman–Crippen MR) is 99.9 cm³/mol. The number of anilines is 1. The molecule has 0 fully saturated rings. The summed E-state index contributed by atoms with van der Waals surface area (Å²) in [6, 6.07) is 12.7. The van der Waals surface area contributed by atoms with Crippen LogP contribution in [0.25, 0.3) is 5.69 Å². The van der Waals surface area contributed by atoms with Gasteiger partial charge < -0.3 is 19.9 Å². The Balaban J connectivity index is 1.76. The number of hydrogen-bond donors (Lipinski definition) is 2. The Bertz CT molecular complexity index is 995. The fourth-order valence-corrected chi connectivity index (χ4v) is 3.34. The summed E-state index contributed by atoms with van der Waals surface area (Å²) in [5.41, 5.74) is 2.43. The van der Waals surface area contributed by atoms with Crippen molar-refractivity contribution in [1.29, 1.82) is 0 Å². The number of nitrogens with one attached hydrogen (secondary N) is 1. The van der Waals surface area contributed by atoms with Crippen molar-refractivity contribution < 1.29 is 19.4 Å². The zero-order chi connectivity index (χ0) is 19.0. The molecule has 2 aromatic carbocycles. The van der Waals surface area contributed by atoms with Crippen LogP contribution >= 0.6 is 0 Å². The van der Waals surface area contributed by atoms with Crippen molar-refractivity contribution in [3.8, 4) is 22.9 Å². The quantitative estimate of drug-likeness (QED) is 0.742.